The monoisotopic (exact) mass is 231 g/mol. The number of likely N-dealkylation sites (N-methyl/N-ethyl adjacent to an activating group) is 1. The minimum atomic E-state index is -0.399. The molecule has 4 heteroatoms. The summed E-state index contributed by atoms with van der Waals surface area (Å²) in [6, 6.07) is 4.70. The van der Waals surface area contributed by atoms with Crippen molar-refractivity contribution >= 4 is 11.6 Å². The molecule has 2 nitrogen and oxygen atoms in total. The third-order valence-corrected chi connectivity index (χ3v) is 2.23. The average molecular weight is 232 g/mol. The van der Waals surface area contributed by atoms with E-state index in [4.69, 9.17) is 16.3 Å². The first kappa shape index (κ1) is 12.4. The van der Waals surface area contributed by atoms with E-state index in [1.54, 1.807) is 12.1 Å². The highest BCUT2D eigenvalue weighted by molar-refractivity contribution is 6.30. The molecule has 0 bridgehead atoms. The highest BCUT2D eigenvalue weighted by Gasteiger charge is 2.00. The van der Waals surface area contributed by atoms with Gasteiger partial charge in [0.2, 0.25) is 0 Å². The lowest BCUT2D eigenvalue weighted by Crippen LogP contribution is -2.18. The van der Waals surface area contributed by atoms with Gasteiger partial charge in [-0.25, -0.2) is 4.39 Å². The maximum Gasteiger partial charge on any atom is 0.142 e. The van der Waals surface area contributed by atoms with Crippen LogP contribution in [0, 0.1) is 5.82 Å². The Morgan fingerprint density at radius 2 is 2.27 bits per heavy atom. The van der Waals surface area contributed by atoms with Crippen LogP contribution in [0.15, 0.2) is 18.2 Å². The van der Waals surface area contributed by atoms with Gasteiger partial charge in [-0.15, -0.1) is 0 Å². The third kappa shape index (κ3) is 4.60. The highest BCUT2D eigenvalue weighted by Crippen LogP contribution is 2.15. The zero-order valence-corrected chi connectivity index (χ0v) is 9.48. The van der Waals surface area contributed by atoms with Gasteiger partial charge in [0, 0.05) is 6.54 Å². The molecular weight excluding hydrogens is 217 g/mol. The molecule has 0 atom stereocenters. The van der Waals surface area contributed by atoms with Crippen molar-refractivity contribution in [3.63, 3.8) is 0 Å². The number of hydrogen-bond acceptors (Lipinski definition) is 2. The molecule has 0 spiro atoms. The Balaban J connectivity index is 2.28. The molecule has 1 rings (SSSR count). The van der Waals surface area contributed by atoms with Crippen molar-refractivity contribution in [1.29, 1.82) is 0 Å². The SMILES string of the molecule is CCNCCOCc1ccc(Cl)c(F)c1. The standard InChI is InChI=1S/C11H15ClFNO/c1-2-14-5-6-15-8-9-3-4-10(12)11(13)7-9/h3-4,7,14H,2,5-6,8H2,1H3. The maximum atomic E-state index is 13.0. The van der Waals surface area contributed by atoms with Crippen LogP contribution in [0.3, 0.4) is 0 Å². The number of benzene rings is 1. The highest BCUT2D eigenvalue weighted by atomic mass is 35.5. The lowest BCUT2D eigenvalue weighted by atomic mass is 10.2. The molecule has 84 valence electrons. The van der Waals surface area contributed by atoms with E-state index in [2.05, 4.69) is 5.32 Å². The van der Waals surface area contributed by atoms with E-state index in [-0.39, 0.29) is 5.02 Å². The summed E-state index contributed by atoms with van der Waals surface area (Å²) in [6.07, 6.45) is 0. The van der Waals surface area contributed by atoms with Gasteiger partial charge in [0.05, 0.1) is 18.2 Å². The van der Waals surface area contributed by atoms with E-state index in [1.165, 1.54) is 6.07 Å². The summed E-state index contributed by atoms with van der Waals surface area (Å²) in [5.74, 6) is -0.399. The molecule has 1 N–H and O–H groups in total. The Kier molecular flexibility index (Phi) is 5.61. The fourth-order valence-corrected chi connectivity index (χ4v) is 1.26. The first-order valence-corrected chi connectivity index (χ1v) is 5.34. The first-order valence-electron chi connectivity index (χ1n) is 4.96. The van der Waals surface area contributed by atoms with Crippen LogP contribution in [0.25, 0.3) is 0 Å². The number of hydrogen-bond donors (Lipinski definition) is 1. The van der Waals surface area contributed by atoms with Gasteiger partial charge in [-0.1, -0.05) is 24.6 Å². The summed E-state index contributed by atoms with van der Waals surface area (Å²) >= 11 is 5.56. The first-order chi connectivity index (χ1) is 7.24. The van der Waals surface area contributed by atoms with Crippen LogP contribution in [0.1, 0.15) is 12.5 Å². The molecule has 0 radical (unpaired) electrons. The van der Waals surface area contributed by atoms with Crippen LogP contribution >= 0.6 is 11.6 Å². The van der Waals surface area contributed by atoms with Gasteiger partial charge in [0.25, 0.3) is 0 Å². The Labute approximate surface area is 94.4 Å². The summed E-state index contributed by atoms with van der Waals surface area (Å²) in [4.78, 5) is 0. The minimum absolute atomic E-state index is 0.145. The van der Waals surface area contributed by atoms with Crippen LogP contribution in [0.2, 0.25) is 5.02 Å². The predicted molar refractivity (Wildman–Crippen MR) is 59.6 cm³/mol. The van der Waals surface area contributed by atoms with Gasteiger partial charge in [0.1, 0.15) is 5.82 Å². The number of halogens is 2. The molecule has 0 unspecified atom stereocenters. The molecule has 1 aromatic rings. The van der Waals surface area contributed by atoms with Gasteiger partial charge in [-0.2, -0.15) is 0 Å². The lowest BCUT2D eigenvalue weighted by molar-refractivity contribution is 0.123. The average Bonchev–Trinajstić information content (AvgIpc) is 2.23. The van der Waals surface area contributed by atoms with Crippen molar-refractivity contribution in [3.05, 3.63) is 34.6 Å². The van der Waals surface area contributed by atoms with E-state index in [0.717, 1.165) is 18.7 Å². The third-order valence-electron chi connectivity index (χ3n) is 1.93. The maximum absolute atomic E-state index is 13.0. The molecule has 0 fully saturated rings. The fraction of sp³-hybridized carbons (Fsp3) is 0.455. The van der Waals surface area contributed by atoms with Crippen molar-refractivity contribution < 1.29 is 9.13 Å². The smallest absolute Gasteiger partial charge is 0.142 e. The van der Waals surface area contributed by atoms with Crippen molar-refractivity contribution in [2.75, 3.05) is 19.7 Å². The molecular formula is C11H15ClFNO. The molecule has 0 aliphatic rings. The number of rotatable bonds is 6. The fourth-order valence-electron chi connectivity index (χ4n) is 1.14. The van der Waals surface area contributed by atoms with E-state index < -0.39 is 5.82 Å². The minimum Gasteiger partial charge on any atom is -0.375 e. The van der Waals surface area contributed by atoms with E-state index in [1.807, 2.05) is 6.92 Å². The van der Waals surface area contributed by atoms with Gasteiger partial charge in [-0.3, -0.25) is 0 Å². The Morgan fingerprint density at radius 1 is 1.47 bits per heavy atom. The van der Waals surface area contributed by atoms with Gasteiger partial charge in [-0.05, 0) is 24.2 Å². The quantitative estimate of drug-likeness (QED) is 0.760. The second-order valence-electron chi connectivity index (χ2n) is 3.15. The van der Waals surface area contributed by atoms with Crippen LogP contribution in [0.4, 0.5) is 4.39 Å². The number of nitrogens with one attached hydrogen (secondary N) is 1. The largest absolute Gasteiger partial charge is 0.375 e. The Bertz CT molecular complexity index is 307. The molecule has 0 amide bonds. The second kappa shape index (κ2) is 6.77. The van der Waals surface area contributed by atoms with Crippen LogP contribution in [0.5, 0.6) is 0 Å². The van der Waals surface area contributed by atoms with Crippen molar-refractivity contribution in [2.45, 2.75) is 13.5 Å². The normalized spacial score (nSPS) is 10.6. The van der Waals surface area contributed by atoms with Crippen LogP contribution in [-0.4, -0.2) is 19.7 Å². The Hall–Kier alpha value is -0.640. The van der Waals surface area contributed by atoms with E-state index >= 15 is 0 Å². The molecule has 0 aromatic heterocycles. The predicted octanol–water partition coefficient (Wildman–Crippen LogP) is 2.61. The van der Waals surface area contributed by atoms with E-state index in [0.29, 0.717) is 13.2 Å². The zero-order chi connectivity index (χ0) is 11.1. The molecule has 1 aromatic carbocycles. The molecule has 0 saturated heterocycles. The lowest BCUT2D eigenvalue weighted by Gasteiger charge is -2.05. The topological polar surface area (TPSA) is 21.3 Å². The van der Waals surface area contributed by atoms with Gasteiger partial charge >= 0.3 is 0 Å². The molecule has 0 heterocycles. The van der Waals surface area contributed by atoms with Gasteiger partial charge in [0.15, 0.2) is 0 Å². The van der Waals surface area contributed by atoms with Crippen molar-refractivity contribution in [1.82, 2.24) is 5.32 Å². The molecule has 15 heavy (non-hydrogen) atoms. The summed E-state index contributed by atoms with van der Waals surface area (Å²) < 4.78 is 18.4. The molecule has 0 aliphatic carbocycles. The summed E-state index contributed by atoms with van der Waals surface area (Å²) in [5.41, 5.74) is 0.799. The van der Waals surface area contributed by atoms with Crippen LogP contribution < -0.4 is 5.32 Å². The van der Waals surface area contributed by atoms with Gasteiger partial charge < -0.3 is 10.1 Å². The van der Waals surface area contributed by atoms with Crippen molar-refractivity contribution in [2.24, 2.45) is 0 Å². The molecule has 0 saturated carbocycles. The zero-order valence-electron chi connectivity index (χ0n) is 8.72. The summed E-state index contributed by atoms with van der Waals surface area (Å²) in [6.45, 7) is 4.82. The van der Waals surface area contributed by atoms with Crippen molar-refractivity contribution in [3.8, 4) is 0 Å². The Morgan fingerprint density at radius 3 is 2.93 bits per heavy atom. The summed E-state index contributed by atoms with van der Waals surface area (Å²) in [7, 11) is 0. The molecule has 0 aliphatic heterocycles. The van der Waals surface area contributed by atoms with Crippen LogP contribution in [-0.2, 0) is 11.3 Å². The van der Waals surface area contributed by atoms with E-state index in [9.17, 15) is 4.39 Å². The second-order valence-corrected chi connectivity index (χ2v) is 3.56. The number of ether oxygens (including phenoxy) is 1. The summed E-state index contributed by atoms with van der Waals surface area (Å²) in [5, 5.41) is 3.28.